The minimum atomic E-state index is 0.00206. The van der Waals surface area contributed by atoms with Crippen LogP contribution >= 0.6 is 0 Å². The lowest BCUT2D eigenvalue weighted by Crippen LogP contribution is -2.42. The summed E-state index contributed by atoms with van der Waals surface area (Å²) in [5, 5.41) is 5.84. The van der Waals surface area contributed by atoms with Crippen molar-refractivity contribution in [1.82, 2.24) is 15.5 Å². The van der Waals surface area contributed by atoms with Gasteiger partial charge in [0.05, 0.1) is 0 Å². The highest BCUT2D eigenvalue weighted by molar-refractivity contribution is 5.79. The van der Waals surface area contributed by atoms with Gasteiger partial charge in [0, 0.05) is 32.6 Å². The van der Waals surface area contributed by atoms with Gasteiger partial charge in [-0.05, 0) is 38.0 Å². The highest BCUT2D eigenvalue weighted by Crippen LogP contribution is 2.27. The molecule has 0 aromatic rings. The first-order chi connectivity index (χ1) is 9.66. The fourth-order valence-corrected chi connectivity index (χ4v) is 2.59. The first-order valence-corrected chi connectivity index (χ1v) is 7.93. The van der Waals surface area contributed by atoms with Crippen molar-refractivity contribution >= 4 is 11.9 Å². The van der Waals surface area contributed by atoms with Crippen LogP contribution in [0.3, 0.4) is 0 Å². The molecule has 0 radical (unpaired) electrons. The standard InChI is InChI=1S/C15H27N3O2/c1-18(11-12-5-2-6-12)15(20)17-10-4-9-16-14(19)13-7-3-8-13/h12-13H,2-11H2,1H3,(H,16,19)(H,17,20). The Kier molecular flexibility index (Phi) is 5.68. The van der Waals surface area contributed by atoms with Crippen LogP contribution in [0.4, 0.5) is 4.79 Å². The fraction of sp³-hybridized carbons (Fsp3) is 0.867. The molecule has 3 amide bonds. The third-order valence-corrected chi connectivity index (χ3v) is 4.51. The van der Waals surface area contributed by atoms with Crippen LogP contribution in [-0.4, -0.2) is 43.5 Å². The number of carbonyl (C=O) groups is 2. The van der Waals surface area contributed by atoms with E-state index in [1.54, 1.807) is 4.90 Å². The monoisotopic (exact) mass is 281 g/mol. The molecule has 5 nitrogen and oxygen atoms in total. The van der Waals surface area contributed by atoms with E-state index in [9.17, 15) is 9.59 Å². The molecule has 0 bridgehead atoms. The molecule has 0 heterocycles. The zero-order chi connectivity index (χ0) is 14.4. The van der Waals surface area contributed by atoms with Crippen molar-refractivity contribution in [2.45, 2.75) is 44.9 Å². The van der Waals surface area contributed by atoms with Gasteiger partial charge >= 0.3 is 6.03 Å². The number of carbonyl (C=O) groups excluding carboxylic acids is 2. The van der Waals surface area contributed by atoms with Gasteiger partial charge in [0.1, 0.15) is 0 Å². The lowest BCUT2D eigenvalue weighted by molar-refractivity contribution is -0.127. The maximum Gasteiger partial charge on any atom is 0.317 e. The molecule has 2 saturated carbocycles. The van der Waals surface area contributed by atoms with Gasteiger partial charge in [-0.2, -0.15) is 0 Å². The highest BCUT2D eigenvalue weighted by Gasteiger charge is 2.24. The largest absolute Gasteiger partial charge is 0.356 e. The Hall–Kier alpha value is -1.26. The average Bonchev–Trinajstić information content (AvgIpc) is 2.30. The molecule has 0 atom stereocenters. The van der Waals surface area contributed by atoms with Crippen molar-refractivity contribution in [3.05, 3.63) is 0 Å². The van der Waals surface area contributed by atoms with Crippen molar-refractivity contribution in [1.29, 1.82) is 0 Å². The highest BCUT2D eigenvalue weighted by atomic mass is 16.2. The Bertz CT molecular complexity index is 338. The second-order valence-electron chi connectivity index (χ2n) is 6.18. The molecule has 0 aliphatic heterocycles. The van der Waals surface area contributed by atoms with Gasteiger partial charge in [0.2, 0.25) is 5.91 Å². The molecule has 5 heteroatoms. The molecular weight excluding hydrogens is 254 g/mol. The molecular formula is C15H27N3O2. The normalized spacial score (nSPS) is 18.9. The minimum Gasteiger partial charge on any atom is -0.356 e. The van der Waals surface area contributed by atoms with E-state index in [2.05, 4.69) is 10.6 Å². The van der Waals surface area contributed by atoms with Crippen LogP contribution in [0.2, 0.25) is 0 Å². The van der Waals surface area contributed by atoms with E-state index in [0.29, 0.717) is 19.0 Å². The lowest BCUT2D eigenvalue weighted by Gasteiger charge is -2.30. The van der Waals surface area contributed by atoms with Gasteiger partial charge in [-0.15, -0.1) is 0 Å². The van der Waals surface area contributed by atoms with Crippen LogP contribution in [0.5, 0.6) is 0 Å². The summed E-state index contributed by atoms with van der Waals surface area (Å²) in [5.74, 6) is 1.13. The summed E-state index contributed by atoms with van der Waals surface area (Å²) in [4.78, 5) is 25.2. The number of nitrogens with one attached hydrogen (secondary N) is 2. The van der Waals surface area contributed by atoms with Crippen LogP contribution in [0, 0.1) is 11.8 Å². The molecule has 114 valence electrons. The molecule has 2 N–H and O–H groups in total. The second-order valence-corrected chi connectivity index (χ2v) is 6.18. The third kappa shape index (κ3) is 4.39. The van der Waals surface area contributed by atoms with E-state index in [1.807, 2.05) is 7.05 Å². The zero-order valence-electron chi connectivity index (χ0n) is 12.5. The quantitative estimate of drug-likeness (QED) is 0.698. The molecule has 2 fully saturated rings. The summed E-state index contributed by atoms with van der Waals surface area (Å²) in [6.07, 6.45) is 7.86. The predicted molar refractivity (Wildman–Crippen MR) is 78.3 cm³/mol. The molecule has 2 aliphatic rings. The van der Waals surface area contributed by atoms with E-state index in [4.69, 9.17) is 0 Å². The molecule has 0 saturated heterocycles. The van der Waals surface area contributed by atoms with Gasteiger partial charge in [0.25, 0.3) is 0 Å². The fourth-order valence-electron chi connectivity index (χ4n) is 2.59. The molecule has 20 heavy (non-hydrogen) atoms. The van der Waals surface area contributed by atoms with Crippen molar-refractivity contribution in [2.24, 2.45) is 11.8 Å². The Labute approximate surface area is 121 Å². The summed E-state index contributed by atoms with van der Waals surface area (Å²) in [7, 11) is 1.85. The molecule has 0 aromatic carbocycles. The first-order valence-electron chi connectivity index (χ1n) is 7.93. The van der Waals surface area contributed by atoms with Crippen LogP contribution in [0.15, 0.2) is 0 Å². The number of urea groups is 1. The van der Waals surface area contributed by atoms with Crippen LogP contribution in [0.1, 0.15) is 44.9 Å². The number of hydrogen-bond donors (Lipinski definition) is 2. The zero-order valence-corrected chi connectivity index (χ0v) is 12.5. The van der Waals surface area contributed by atoms with E-state index in [1.165, 1.54) is 25.7 Å². The molecule has 2 rings (SSSR count). The Balaban J connectivity index is 1.47. The molecule has 0 unspecified atom stereocenters. The third-order valence-electron chi connectivity index (χ3n) is 4.51. The summed E-state index contributed by atoms with van der Waals surface area (Å²) < 4.78 is 0. The van der Waals surface area contributed by atoms with Gasteiger partial charge in [-0.1, -0.05) is 12.8 Å². The summed E-state index contributed by atoms with van der Waals surface area (Å²) in [5.41, 5.74) is 0. The van der Waals surface area contributed by atoms with Crippen molar-refractivity contribution in [3.63, 3.8) is 0 Å². The summed E-state index contributed by atoms with van der Waals surface area (Å²) in [6.45, 7) is 2.14. The molecule has 0 aromatic heterocycles. The lowest BCUT2D eigenvalue weighted by atomic mass is 9.85. The minimum absolute atomic E-state index is 0.00206. The molecule has 0 spiro atoms. The second kappa shape index (κ2) is 7.50. The first kappa shape index (κ1) is 15.1. The topological polar surface area (TPSA) is 61.4 Å². The smallest absolute Gasteiger partial charge is 0.317 e. The Morgan fingerprint density at radius 3 is 2.25 bits per heavy atom. The summed E-state index contributed by atoms with van der Waals surface area (Å²) in [6, 6.07) is 0.00206. The van der Waals surface area contributed by atoms with Crippen molar-refractivity contribution < 1.29 is 9.59 Å². The van der Waals surface area contributed by atoms with Crippen molar-refractivity contribution in [3.8, 4) is 0 Å². The van der Waals surface area contributed by atoms with E-state index >= 15 is 0 Å². The predicted octanol–water partition coefficient (Wildman–Crippen LogP) is 1.73. The Morgan fingerprint density at radius 1 is 1.05 bits per heavy atom. The SMILES string of the molecule is CN(CC1CCC1)C(=O)NCCCNC(=O)C1CCC1. The number of rotatable bonds is 7. The van der Waals surface area contributed by atoms with Crippen LogP contribution < -0.4 is 10.6 Å². The molecule has 2 aliphatic carbocycles. The maximum atomic E-state index is 11.8. The Morgan fingerprint density at radius 2 is 1.70 bits per heavy atom. The van der Waals surface area contributed by atoms with E-state index < -0.39 is 0 Å². The number of hydrogen-bond acceptors (Lipinski definition) is 2. The van der Waals surface area contributed by atoms with Gasteiger partial charge < -0.3 is 15.5 Å². The van der Waals surface area contributed by atoms with Crippen LogP contribution in [-0.2, 0) is 4.79 Å². The van der Waals surface area contributed by atoms with Gasteiger partial charge in [-0.25, -0.2) is 4.79 Å². The van der Waals surface area contributed by atoms with Gasteiger partial charge in [0.15, 0.2) is 0 Å². The van der Waals surface area contributed by atoms with E-state index in [-0.39, 0.29) is 17.9 Å². The van der Waals surface area contributed by atoms with Crippen LogP contribution in [0.25, 0.3) is 0 Å². The van der Waals surface area contributed by atoms with Gasteiger partial charge in [-0.3, -0.25) is 4.79 Å². The van der Waals surface area contributed by atoms with Crippen molar-refractivity contribution in [2.75, 3.05) is 26.7 Å². The number of amides is 3. The maximum absolute atomic E-state index is 11.8. The summed E-state index contributed by atoms with van der Waals surface area (Å²) >= 11 is 0. The average molecular weight is 281 g/mol. The number of nitrogens with zero attached hydrogens (tertiary/aromatic N) is 1. The van der Waals surface area contributed by atoms with E-state index in [0.717, 1.165) is 25.8 Å².